The number of hydrogen-bond acceptors (Lipinski definition) is 6. The number of sulfone groups is 1. The van der Waals surface area contributed by atoms with E-state index in [1.54, 1.807) is 18.3 Å². The Kier molecular flexibility index (Phi) is 5.85. The third-order valence-electron chi connectivity index (χ3n) is 5.07. The van der Waals surface area contributed by atoms with Crippen molar-refractivity contribution in [2.75, 3.05) is 12.0 Å². The maximum Gasteiger partial charge on any atom is 0.175 e. The predicted molar refractivity (Wildman–Crippen MR) is 130 cm³/mol. The molecular formula is C25H22N4O3S. The molecule has 1 aromatic heterocycles. The van der Waals surface area contributed by atoms with E-state index in [2.05, 4.69) is 4.98 Å². The summed E-state index contributed by atoms with van der Waals surface area (Å²) in [6.07, 6.45) is 2.72. The number of rotatable bonds is 6. The van der Waals surface area contributed by atoms with E-state index < -0.39 is 9.84 Å². The molecule has 4 aromatic rings. The van der Waals surface area contributed by atoms with E-state index in [-0.39, 0.29) is 16.4 Å². The first-order valence-corrected chi connectivity index (χ1v) is 11.9. The molecule has 0 radical (unpaired) electrons. The number of anilines is 1. The van der Waals surface area contributed by atoms with Crippen LogP contribution in [0.15, 0.2) is 90.0 Å². The normalized spacial score (nSPS) is 11.2. The molecule has 5 N–H and O–H groups in total. The topological polar surface area (TPSA) is 132 Å². The van der Waals surface area contributed by atoms with Crippen molar-refractivity contribution in [2.45, 2.75) is 4.90 Å². The number of nitrogens with two attached hydrogens (primary N) is 2. The minimum atomic E-state index is -3.40. The molecule has 3 aromatic carbocycles. The van der Waals surface area contributed by atoms with Crippen LogP contribution in [0, 0.1) is 5.41 Å². The summed E-state index contributed by atoms with van der Waals surface area (Å²) < 4.78 is 29.7. The molecule has 0 saturated carbocycles. The molecule has 0 aliphatic rings. The van der Waals surface area contributed by atoms with Gasteiger partial charge in [0.05, 0.1) is 21.8 Å². The Morgan fingerprint density at radius 2 is 1.58 bits per heavy atom. The number of ether oxygens (including phenoxy) is 1. The minimum Gasteiger partial charge on any atom is -0.457 e. The van der Waals surface area contributed by atoms with Gasteiger partial charge < -0.3 is 16.2 Å². The van der Waals surface area contributed by atoms with E-state index >= 15 is 0 Å². The summed E-state index contributed by atoms with van der Waals surface area (Å²) >= 11 is 0. The Morgan fingerprint density at radius 1 is 0.909 bits per heavy atom. The average molecular weight is 459 g/mol. The van der Waals surface area contributed by atoms with E-state index in [0.29, 0.717) is 28.1 Å². The quantitative estimate of drug-likeness (QED) is 0.288. The van der Waals surface area contributed by atoms with Gasteiger partial charge in [0.1, 0.15) is 17.3 Å². The van der Waals surface area contributed by atoms with Crippen molar-refractivity contribution in [3.05, 3.63) is 90.6 Å². The van der Waals surface area contributed by atoms with Crippen LogP contribution in [-0.2, 0) is 9.84 Å². The summed E-state index contributed by atoms with van der Waals surface area (Å²) in [6.45, 7) is 0. The molecule has 0 saturated heterocycles. The molecule has 0 atom stereocenters. The molecular weight excluding hydrogens is 436 g/mol. The van der Waals surface area contributed by atoms with Crippen LogP contribution >= 0.6 is 0 Å². The molecule has 0 spiro atoms. The molecule has 0 aliphatic heterocycles. The second-order valence-electron chi connectivity index (χ2n) is 7.46. The number of amidine groups is 1. The number of nitrogens with zero attached hydrogens (tertiary/aromatic N) is 1. The number of benzene rings is 3. The van der Waals surface area contributed by atoms with Crippen molar-refractivity contribution in [3.63, 3.8) is 0 Å². The molecule has 0 amide bonds. The van der Waals surface area contributed by atoms with Crippen molar-refractivity contribution in [3.8, 4) is 33.9 Å². The van der Waals surface area contributed by atoms with Crippen LogP contribution < -0.4 is 16.2 Å². The average Bonchev–Trinajstić information content (AvgIpc) is 2.79. The van der Waals surface area contributed by atoms with Gasteiger partial charge in [0.2, 0.25) is 0 Å². The number of nitrogens with one attached hydrogen (secondary N) is 1. The van der Waals surface area contributed by atoms with Crippen molar-refractivity contribution in [2.24, 2.45) is 5.73 Å². The fourth-order valence-corrected chi connectivity index (χ4v) is 4.13. The molecule has 0 unspecified atom stereocenters. The smallest absolute Gasteiger partial charge is 0.175 e. The van der Waals surface area contributed by atoms with Crippen LogP contribution in [-0.4, -0.2) is 25.5 Å². The Bertz CT molecular complexity index is 1430. The first-order chi connectivity index (χ1) is 15.7. The van der Waals surface area contributed by atoms with Gasteiger partial charge in [-0.25, -0.2) is 8.42 Å². The maximum absolute atomic E-state index is 11.9. The van der Waals surface area contributed by atoms with Gasteiger partial charge >= 0.3 is 0 Å². The Morgan fingerprint density at radius 3 is 2.21 bits per heavy atom. The largest absolute Gasteiger partial charge is 0.457 e. The zero-order valence-electron chi connectivity index (χ0n) is 17.8. The SMILES string of the molecule is CS(=O)(=O)c1cccc(-c2ncc(-c3ccc(Oc4ccccc4)cc3)c(C(=N)N)c2N)c1. The van der Waals surface area contributed by atoms with Crippen molar-refractivity contribution < 1.29 is 13.2 Å². The number of pyridine rings is 1. The number of para-hydroxylation sites is 1. The van der Waals surface area contributed by atoms with Crippen LogP contribution in [0.5, 0.6) is 11.5 Å². The second kappa shape index (κ2) is 8.76. The maximum atomic E-state index is 11.9. The van der Waals surface area contributed by atoms with Crippen LogP contribution in [0.4, 0.5) is 5.69 Å². The highest BCUT2D eigenvalue weighted by Gasteiger charge is 2.18. The lowest BCUT2D eigenvalue weighted by atomic mass is 9.97. The van der Waals surface area contributed by atoms with Crippen LogP contribution in [0.25, 0.3) is 22.4 Å². The standard InChI is InChI=1S/C25H22N4O3S/c1-33(30,31)20-9-5-6-17(14-20)24-23(26)22(25(27)28)21(15-29-24)16-10-12-19(13-11-16)32-18-7-3-2-4-8-18/h2-15H,26H2,1H3,(H3,27,28). The molecule has 0 fully saturated rings. The summed E-state index contributed by atoms with van der Waals surface area (Å²) in [7, 11) is -3.40. The Balaban J connectivity index is 1.74. The van der Waals surface area contributed by atoms with Crippen LogP contribution in [0.2, 0.25) is 0 Å². The van der Waals surface area contributed by atoms with Gasteiger partial charge in [0.25, 0.3) is 0 Å². The van der Waals surface area contributed by atoms with Crippen molar-refractivity contribution in [1.82, 2.24) is 4.98 Å². The van der Waals surface area contributed by atoms with E-state index in [1.165, 1.54) is 12.1 Å². The second-order valence-corrected chi connectivity index (χ2v) is 9.48. The van der Waals surface area contributed by atoms with Crippen LogP contribution in [0.1, 0.15) is 5.56 Å². The number of nitrogen functional groups attached to an aromatic ring is 2. The van der Waals surface area contributed by atoms with Gasteiger partial charge in [-0.05, 0) is 42.0 Å². The van der Waals surface area contributed by atoms with E-state index in [1.807, 2.05) is 54.6 Å². The summed E-state index contributed by atoms with van der Waals surface area (Å²) in [4.78, 5) is 4.63. The van der Waals surface area contributed by atoms with E-state index in [4.69, 9.17) is 21.6 Å². The van der Waals surface area contributed by atoms with Gasteiger partial charge in [-0.1, -0.05) is 42.5 Å². The monoisotopic (exact) mass is 458 g/mol. The van der Waals surface area contributed by atoms with Crippen molar-refractivity contribution in [1.29, 1.82) is 5.41 Å². The van der Waals surface area contributed by atoms with Gasteiger partial charge in [-0.3, -0.25) is 10.4 Å². The minimum absolute atomic E-state index is 0.156. The molecule has 166 valence electrons. The zero-order valence-corrected chi connectivity index (χ0v) is 18.6. The molecule has 33 heavy (non-hydrogen) atoms. The summed E-state index contributed by atoms with van der Waals surface area (Å²) in [5.41, 5.74) is 15.0. The lowest BCUT2D eigenvalue weighted by Gasteiger charge is -2.15. The molecule has 1 heterocycles. The molecule has 8 heteroatoms. The van der Waals surface area contributed by atoms with Crippen LogP contribution in [0.3, 0.4) is 0 Å². The zero-order chi connectivity index (χ0) is 23.6. The highest BCUT2D eigenvalue weighted by molar-refractivity contribution is 7.90. The lowest BCUT2D eigenvalue weighted by Crippen LogP contribution is -2.16. The van der Waals surface area contributed by atoms with Gasteiger partial charge in [-0.2, -0.15) is 0 Å². The number of aromatic nitrogens is 1. The Hall–Kier alpha value is -4.17. The molecule has 0 aliphatic carbocycles. The van der Waals surface area contributed by atoms with E-state index in [9.17, 15) is 8.42 Å². The summed E-state index contributed by atoms with van der Waals surface area (Å²) in [6, 6.07) is 23.1. The third-order valence-corrected chi connectivity index (χ3v) is 6.18. The van der Waals surface area contributed by atoms with Gasteiger partial charge in [0, 0.05) is 23.6 Å². The number of hydrogen-bond donors (Lipinski definition) is 3. The van der Waals surface area contributed by atoms with Gasteiger partial charge in [0.15, 0.2) is 9.84 Å². The first-order valence-electron chi connectivity index (χ1n) is 10.0. The predicted octanol–water partition coefficient (Wildman–Crippen LogP) is 4.48. The van der Waals surface area contributed by atoms with E-state index in [0.717, 1.165) is 17.6 Å². The third kappa shape index (κ3) is 4.70. The lowest BCUT2D eigenvalue weighted by molar-refractivity contribution is 0.483. The summed E-state index contributed by atoms with van der Waals surface area (Å²) in [5.74, 6) is 1.17. The first kappa shape index (κ1) is 22.0. The van der Waals surface area contributed by atoms with Crippen molar-refractivity contribution >= 4 is 21.4 Å². The Labute approximate surface area is 192 Å². The highest BCUT2D eigenvalue weighted by Crippen LogP contribution is 2.35. The summed E-state index contributed by atoms with van der Waals surface area (Å²) in [5, 5.41) is 8.11. The highest BCUT2D eigenvalue weighted by atomic mass is 32.2. The molecule has 4 rings (SSSR count). The molecule has 7 nitrogen and oxygen atoms in total. The molecule has 0 bridgehead atoms. The van der Waals surface area contributed by atoms with Gasteiger partial charge in [-0.15, -0.1) is 0 Å². The fourth-order valence-electron chi connectivity index (χ4n) is 3.47. The fraction of sp³-hybridized carbons (Fsp3) is 0.0400.